The molecule has 0 aliphatic heterocycles. The molecule has 0 saturated carbocycles. The lowest BCUT2D eigenvalue weighted by Gasteiger charge is -2.08. The van der Waals surface area contributed by atoms with Crippen molar-refractivity contribution >= 4 is 17.6 Å². The molecule has 4 nitrogen and oxygen atoms in total. The van der Waals surface area contributed by atoms with Crippen molar-refractivity contribution in [2.24, 2.45) is 0 Å². The molecule has 0 amide bonds. The van der Waals surface area contributed by atoms with E-state index in [1.807, 2.05) is 0 Å². The number of rotatable bonds is 5. The van der Waals surface area contributed by atoms with E-state index < -0.39 is 5.97 Å². The number of aryl methyl sites for hydroxylation is 1. The number of ether oxygens (including phenoxy) is 1. The molecule has 0 radical (unpaired) electrons. The second-order valence-corrected chi connectivity index (χ2v) is 3.77. The summed E-state index contributed by atoms with van der Waals surface area (Å²) in [5.41, 5.74) is 0.723. The number of hydrogen-bond donors (Lipinski definition) is 2. The highest BCUT2D eigenvalue weighted by Crippen LogP contribution is 2.32. The highest BCUT2D eigenvalue weighted by atomic mass is 35.5. The van der Waals surface area contributed by atoms with Crippen molar-refractivity contribution in [3.8, 4) is 11.5 Å². The molecular formula is C11H13ClO4. The van der Waals surface area contributed by atoms with Crippen LogP contribution in [0.5, 0.6) is 11.5 Å². The lowest BCUT2D eigenvalue weighted by Crippen LogP contribution is -1.96. The van der Waals surface area contributed by atoms with E-state index in [1.54, 1.807) is 0 Å². The molecule has 0 aliphatic carbocycles. The number of phenolic OH excluding ortho intramolecular Hbond substituents is 1. The SMILES string of the molecule is COc1cc(Cl)c(CCCC(=O)O)cc1O. The van der Waals surface area contributed by atoms with Gasteiger partial charge in [-0.05, 0) is 24.5 Å². The summed E-state index contributed by atoms with van der Waals surface area (Å²) in [4.78, 5) is 10.3. The molecule has 0 unspecified atom stereocenters. The predicted octanol–water partition coefficient (Wildman–Crippen LogP) is 2.46. The van der Waals surface area contributed by atoms with Crippen molar-refractivity contribution in [3.63, 3.8) is 0 Å². The van der Waals surface area contributed by atoms with Crippen LogP contribution in [0.3, 0.4) is 0 Å². The van der Waals surface area contributed by atoms with Crippen LogP contribution in [0, 0.1) is 0 Å². The Bertz CT molecular complexity index is 390. The quantitative estimate of drug-likeness (QED) is 0.835. The topological polar surface area (TPSA) is 66.8 Å². The van der Waals surface area contributed by atoms with Gasteiger partial charge in [-0.15, -0.1) is 0 Å². The van der Waals surface area contributed by atoms with Crippen LogP contribution in [-0.2, 0) is 11.2 Å². The van der Waals surface area contributed by atoms with Crippen molar-refractivity contribution in [1.82, 2.24) is 0 Å². The van der Waals surface area contributed by atoms with Crippen LogP contribution >= 0.6 is 11.6 Å². The summed E-state index contributed by atoms with van der Waals surface area (Å²) in [5, 5.41) is 18.5. The fourth-order valence-electron chi connectivity index (χ4n) is 1.37. The second-order valence-electron chi connectivity index (χ2n) is 3.36. The molecule has 16 heavy (non-hydrogen) atoms. The number of aromatic hydroxyl groups is 1. The molecule has 2 N–H and O–H groups in total. The minimum Gasteiger partial charge on any atom is -0.504 e. The van der Waals surface area contributed by atoms with Gasteiger partial charge < -0.3 is 14.9 Å². The van der Waals surface area contributed by atoms with Crippen LogP contribution < -0.4 is 4.74 Å². The van der Waals surface area contributed by atoms with Gasteiger partial charge in [-0.1, -0.05) is 11.6 Å². The van der Waals surface area contributed by atoms with Gasteiger partial charge in [-0.25, -0.2) is 0 Å². The number of carboxylic acid groups (broad SMARTS) is 1. The van der Waals surface area contributed by atoms with Crippen LogP contribution in [0.15, 0.2) is 12.1 Å². The maximum atomic E-state index is 10.3. The molecule has 0 fully saturated rings. The summed E-state index contributed by atoms with van der Waals surface area (Å²) in [6.45, 7) is 0. The Labute approximate surface area is 98.4 Å². The van der Waals surface area contributed by atoms with Crippen molar-refractivity contribution in [2.45, 2.75) is 19.3 Å². The molecular weight excluding hydrogens is 232 g/mol. The molecule has 0 aliphatic rings. The Balaban J connectivity index is 2.73. The molecule has 88 valence electrons. The van der Waals surface area contributed by atoms with Gasteiger partial charge in [0.15, 0.2) is 11.5 Å². The summed E-state index contributed by atoms with van der Waals surface area (Å²) in [7, 11) is 1.44. The van der Waals surface area contributed by atoms with E-state index >= 15 is 0 Å². The number of hydrogen-bond acceptors (Lipinski definition) is 3. The van der Waals surface area contributed by atoms with Crippen molar-refractivity contribution < 1.29 is 19.7 Å². The first-order valence-electron chi connectivity index (χ1n) is 4.81. The van der Waals surface area contributed by atoms with Gasteiger partial charge in [-0.2, -0.15) is 0 Å². The zero-order valence-corrected chi connectivity index (χ0v) is 9.62. The third kappa shape index (κ3) is 3.31. The van der Waals surface area contributed by atoms with Crippen LogP contribution in [0.2, 0.25) is 5.02 Å². The number of phenols is 1. The molecule has 0 atom stereocenters. The van der Waals surface area contributed by atoms with Crippen molar-refractivity contribution in [2.75, 3.05) is 7.11 Å². The van der Waals surface area contributed by atoms with Gasteiger partial charge in [0.1, 0.15) is 0 Å². The maximum Gasteiger partial charge on any atom is 0.303 e. The molecule has 0 spiro atoms. The molecule has 0 aromatic heterocycles. The van der Waals surface area contributed by atoms with E-state index in [0.29, 0.717) is 23.6 Å². The standard InChI is InChI=1S/C11H13ClO4/c1-16-10-6-8(12)7(5-9(10)13)3-2-4-11(14)15/h5-6,13H,2-4H2,1H3,(H,14,15). The minimum absolute atomic E-state index is 0.0113. The average molecular weight is 245 g/mol. The number of carboxylic acids is 1. The van der Waals surface area contributed by atoms with E-state index in [4.69, 9.17) is 21.4 Å². The van der Waals surface area contributed by atoms with Gasteiger partial charge in [0.05, 0.1) is 7.11 Å². The van der Waals surface area contributed by atoms with E-state index in [9.17, 15) is 9.90 Å². The Hall–Kier alpha value is -1.42. The van der Waals surface area contributed by atoms with Gasteiger partial charge in [-0.3, -0.25) is 4.79 Å². The highest BCUT2D eigenvalue weighted by Gasteiger charge is 2.08. The molecule has 1 rings (SSSR count). The van der Waals surface area contributed by atoms with Crippen LogP contribution in [-0.4, -0.2) is 23.3 Å². The maximum absolute atomic E-state index is 10.3. The fourth-order valence-corrected chi connectivity index (χ4v) is 1.62. The first kappa shape index (κ1) is 12.6. The van der Waals surface area contributed by atoms with E-state index in [1.165, 1.54) is 19.2 Å². The van der Waals surface area contributed by atoms with E-state index in [2.05, 4.69) is 0 Å². The Kier molecular flexibility index (Phi) is 4.43. The van der Waals surface area contributed by atoms with Gasteiger partial charge in [0.2, 0.25) is 0 Å². The number of benzene rings is 1. The molecule has 0 bridgehead atoms. The smallest absolute Gasteiger partial charge is 0.303 e. The Morgan fingerprint density at radius 2 is 2.19 bits per heavy atom. The molecule has 0 heterocycles. The highest BCUT2D eigenvalue weighted by molar-refractivity contribution is 6.31. The van der Waals surface area contributed by atoms with Gasteiger partial charge in [0.25, 0.3) is 0 Å². The zero-order valence-electron chi connectivity index (χ0n) is 8.86. The zero-order chi connectivity index (χ0) is 12.1. The summed E-state index contributed by atoms with van der Waals surface area (Å²) in [6, 6.07) is 3.02. The first-order chi connectivity index (χ1) is 7.54. The lowest BCUT2D eigenvalue weighted by molar-refractivity contribution is -0.137. The van der Waals surface area contributed by atoms with Crippen LogP contribution in [0.4, 0.5) is 0 Å². The molecule has 0 saturated heterocycles. The van der Waals surface area contributed by atoms with E-state index in [-0.39, 0.29) is 12.2 Å². The van der Waals surface area contributed by atoms with Crippen molar-refractivity contribution in [3.05, 3.63) is 22.7 Å². The van der Waals surface area contributed by atoms with Gasteiger partial charge >= 0.3 is 5.97 Å². The predicted molar refractivity (Wildman–Crippen MR) is 60.2 cm³/mol. The summed E-state index contributed by atoms with van der Waals surface area (Å²) >= 11 is 5.96. The third-order valence-corrected chi connectivity index (χ3v) is 2.54. The minimum atomic E-state index is -0.839. The van der Waals surface area contributed by atoms with Crippen LogP contribution in [0.1, 0.15) is 18.4 Å². The normalized spacial score (nSPS) is 10.1. The van der Waals surface area contributed by atoms with Gasteiger partial charge in [0, 0.05) is 17.5 Å². The molecule has 5 heteroatoms. The number of halogens is 1. The van der Waals surface area contributed by atoms with Crippen LogP contribution in [0.25, 0.3) is 0 Å². The Morgan fingerprint density at radius 3 is 2.75 bits per heavy atom. The largest absolute Gasteiger partial charge is 0.504 e. The molecule has 1 aromatic rings. The third-order valence-electron chi connectivity index (χ3n) is 2.18. The first-order valence-corrected chi connectivity index (χ1v) is 5.19. The summed E-state index contributed by atoms with van der Waals surface area (Å²) in [5.74, 6) is -0.516. The number of carbonyl (C=O) groups is 1. The molecule has 1 aromatic carbocycles. The number of methoxy groups -OCH3 is 1. The monoisotopic (exact) mass is 244 g/mol. The van der Waals surface area contributed by atoms with E-state index in [0.717, 1.165) is 5.56 Å². The number of aliphatic carboxylic acids is 1. The average Bonchev–Trinajstić information content (AvgIpc) is 2.22. The summed E-state index contributed by atoms with van der Waals surface area (Å²) < 4.78 is 4.89. The van der Waals surface area contributed by atoms with Crippen molar-refractivity contribution in [1.29, 1.82) is 0 Å². The Morgan fingerprint density at radius 1 is 1.50 bits per heavy atom. The summed E-state index contributed by atoms with van der Waals surface area (Å²) in [6.07, 6.45) is 1.09. The lowest BCUT2D eigenvalue weighted by atomic mass is 10.1. The second kappa shape index (κ2) is 5.61. The fraction of sp³-hybridized carbons (Fsp3) is 0.364.